The molecule has 0 amide bonds. The highest BCUT2D eigenvalue weighted by molar-refractivity contribution is 7.71. The van der Waals surface area contributed by atoms with Crippen molar-refractivity contribution in [2.24, 2.45) is 5.92 Å². The molecule has 1 aromatic carbocycles. The Morgan fingerprint density at radius 2 is 2.05 bits per heavy atom. The zero-order valence-corrected chi connectivity index (χ0v) is 12.7. The van der Waals surface area contributed by atoms with E-state index in [1.807, 2.05) is 6.07 Å². The van der Waals surface area contributed by atoms with Crippen molar-refractivity contribution in [1.29, 1.82) is 0 Å². The molecule has 2 aromatic rings. The van der Waals surface area contributed by atoms with Gasteiger partial charge in [-0.2, -0.15) is 0 Å². The van der Waals surface area contributed by atoms with Crippen LogP contribution >= 0.6 is 12.2 Å². The fourth-order valence-corrected chi connectivity index (χ4v) is 3.93. The van der Waals surface area contributed by atoms with Crippen LogP contribution in [0.4, 0.5) is 4.39 Å². The lowest BCUT2D eigenvalue weighted by Gasteiger charge is -2.29. The van der Waals surface area contributed by atoms with Gasteiger partial charge >= 0.3 is 0 Å². The van der Waals surface area contributed by atoms with Crippen molar-refractivity contribution in [2.75, 3.05) is 0 Å². The molecule has 108 valence electrons. The van der Waals surface area contributed by atoms with Crippen LogP contribution in [-0.2, 0) is 0 Å². The number of nitrogens with zero attached hydrogens (tertiary/aromatic N) is 1. The van der Waals surface area contributed by atoms with Gasteiger partial charge in [-0.3, -0.25) is 0 Å². The van der Waals surface area contributed by atoms with E-state index in [0.29, 0.717) is 16.3 Å². The summed E-state index contributed by atoms with van der Waals surface area (Å²) in [5, 5.41) is 0. The average Bonchev–Trinajstić information content (AvgIpc) is 2.78. The van der Waals surface area contributed by atoms with Crippen LogP contribution in [-0.4, -0.2) is 9.55 Å². The van der Waals surface area contributed by atoms with Gasteiger partial charge in [0.05, 0.1) is 5.52 Å². The smallest absolute Gasteiger partial charge is 0.178 e. The van der Waals surface area contributed by atoms with Gasteiger partial charge in [0.2, 0.25) is 0 Å². The summed E-state index contributed by atoms with van der Waals surface area (Å²) >= 11 is 5.41. The summed E-state index contributed by atoms with van der Waals surface area (Å²) in [5.74, 6) is 0.652. The summed E-state index contributed by atoms with van der Waals surface area (Å²) < 4.78 is 16.6. The molecule has 1 heterocycles. The van der Waals surface area contributed by atoms with Crippen LogP contribution in [0, 0.1) is 16.5 Å². The molecule has 1 aliphatic carbocycles. The molecule has 0 saturated heterocycles. The summed E-state index contributed by atoms with van der Waals surface area (Å²) in [6, 6.07) is 5.63. The average molecular weight is 292 g/mol. The minimum Gasteiger partial charge on any atom is -0.328 e. The second kappa shape index (κ2) is 5.68. The van der Waals surface area contributed by atoms with Crippen molar-refractivity contribution in [1.82, 2.24) is 9.55 Å². The van der Waals surface area contributed by atoms with Crippen molar-refractivity contribution in [2.45, 2.75) is 51.5 Å². The quantitative estimate of drug-likeness (QED) is 0.754. The highest BCUT2D eigenvalue weighted by Gasteiger charge is 2.24. The van der Waals surface area contributed by atoms with Crippen LogP contribution in [0.1, 0.15) is 51.5 Å². The third-order valence-electron chi connectivity index (χ3n) is 4.58. The number of hydrogen-bond donors (Lipinski definition) is 1. The summed E-state index contributed by atoms with van der Waals surface area (Å²) in [7, 11) is 0. The molecule has 20 heavy (non-hydrogen) atoms. The molecule has 0 aliphatic heterocycles. The zero-order chi connectivity index (χ0) is 14.1. The first-order valence-corrected chi connectivity index (χ1v) is 8.00. The second-order valence-electron chi connectivity index (χ2n) is 5.90. The van der Waals surface area contributed by atoms with E-state index in [0.717, 1.165) is 24.3 Å². The molecule has 3 rings (SSSR count). The first-order valence-electron chi connectivity index (χ1n) is 7.59. The van der Waals surface area contributed by atoms with Crippen molar-refractivity contribution >= 4 is 23.3 Å². The zero-order valence-electron chi connectivity index (χ0n) is 11.9. The molecule has 1 saturated carbocycles. The molecule has 1 N–H and O–H groups in total. The normalized spacial score (nSPS) is 23.3. The Kier molecular flexibility index (Phi) is 3.92. The predicted molar refractivity (Wildman–Crippen MR) is 83.0 cm³/mol. The largest absolute Gasteiger partial charge is 0.328 e. The third-order valence-corrected chi connectivity index (χ3v) is 4.88. The van der Waals surface area contributed by atoms with Crippen LogP contribution in [0.2, 0.25) is 0 Å². The standard InChI is InChI=1S/C16H21FN2S/c1-2-4-11-7-9-12(10-8-11)19-14-6-3-5-13(17)15(14)18-16(19)20/h3,5-6,11-12H,2,4,7-10H2,1H3,(H,18,20). The van der Waals surface area contributed by atoms with Crippen LogP contribution in [0.15, 0.2) is 18.2 Å². The number of H-pyrrole nitrogens is 1. The summed E-state index contributed by atoms with van der Waals surface area (Å²) in [6.45, 7) is 2.25. The van der Waals surface area contributed by atoms with E-state index in [9.17, 15) is 4.39 Å². The Hall–Kier alpha value is -1.16. The lowest BCUT2D eigenvalue weighted by atomic mass is 9.83. The molecule has 0 radical (unpaired) electrons. The molecule has 1 aliphatic rings. The monoisotopic (exact) mass is 292 g/mol. The number of imidazole rings is 1. The lowest BCUT2D eigenvalue weighted by molar-refractivity contribution is 0.264. The van der Waals surface area contributed by atoms with Crippen LogP contribution in [0.3, 0.4) is 0 Å². The van der Waals surface area contributed by atoms with E-state index >= 15 is 0 Å². The Labute approximate surface area is 124 Å². The van der Waals surface area contributed by atoms with Gasteiger partial charge in [-0.1, -0.05) is 25.8 Å². The van der Waals surface area contributed by atoms with E-state index in [1.54, 1.807) is 6.07 Å². The molecule has 0 spiro atoms. The number of nitrogens with one attached hydrogen (secondary N) is 1. The summed E-state index contributed by atoms with van der Waals surface area (Å²) in [5.41, 5.74) is 1.46. The molecule has 1 fully saturated rings. The minimum atomic E-state index is -0.216. The molecule has 1 aromatic heterocycles. The number of aromatic nitrogens is 2. The van der Waals surface area contributed by atoms with Gasteiger partial charge < -0.3 is 9.55 Å². The maximum Gasteiger partial charge on any atom is 0.178 e. The van der Waals surface area contributed by atoms with Gasteiger partial charge in [0.15, 0.2) is 4.77 Å². The molecule has 2 nitrogen and oxygen atoms in total. The Balaban J connectivity index is 1.90. The highest BCUT2D eigenvalue weighted by atomic mass is 32.1. The molecule has 0 unspecified atom stereocenters. The number of halogens is 1. The number of aromatic amines is 1. The van der Waals surface area contributed by atoms with Crippen LogP contribution < -0.4 is 0 Å². The molecule has 4 heteroatoms. The molecule has 0 atom stereocenters. The highest BCUT2D eigenvalue weighted by Crippen LogP contribution is 2.36. The first kappa shape index (κ1) is 13.8. The van der Waals surface area contributed by atoms with Crippen molar-refractivity contribution in [3.8, 4) is 0 Å². The minimum absolute atomic E-state index is 0.216. The van der Waals surface area contributed by atoms with Crippen molar-refractivity contribution in [3.63, 3.8) is 0 Å². The van der Waals surface area contributed by atoms with Gasteiger partial charge in [0, 0.05) is 6.04 Å². The van der Waals surface area contributed by atoms with Crippen molar-refractivity contribution in [3.05, 3.63) is 28.8 Å². The summed E-state index contributed by atoms with van der Waals surface area (Å²) in [4.78, 5) is 3.03. The van der Waals surface area contributed by atoms with E-state index in [2.05, 4.69) is 16.5 Å². The Morgan fingerprint density at radius 1 is 1.30 bits per heavy atom. The topological polar surface area (TPSA) is 20.7 Å². The molecular weight excluding hydrogens is 271 g/mol. The van der Waals surface area contributed by atoms with E-state index < -0.39 is 0 Å². The number of rotatable bonds is 3. The Morgan fingerprint density at radius 3 is 2.75 bits per heavy atom. The SMILES string of the molecule is CCCC1CCC(n2c(=S)[nH]c3c(F)cccc32)CC1. The van der Waals surface area contributed by atoms with E-state index in [1.165, 1.54) is 31.7 Å². The number of fused-ring (bicyclic) bond motifs is 1. The number of hydrogen-bond acceptors (Lipinski definition) is 1. The van der Waals surface area contributed by atoms with E-state index in [-0.39, 0.29) is 5.82 Å². The van der Waals surface area contributed by atoms with Gasteiger partial charge in [-0.05, 0) is 56.0 Å². The lowest BCUT2D eigenvalue weighted by Crippen LogP contribution is -2.18. The molecular formula is C16H21FN2S. The van der Waals surface area contributed by atoms with Crippen LogP contribution in [0.5, 0.6) is 0 Å². The fraction of sp³-hybridized carbons (Fsp3) is 0.562. The number of para-hydroxylation sites is 1. The van der Waals surface area contributed by atoms with Crippen molar-refractivity contribution < 1.29 is 4.39 Å². The Bertz CT molecular complexity index is 650. The fourth-order valence-electron chi connectivity index (χ4n) is 3.58. The molecule has 0 bridgehead atoms. The van der Waals surface area contributed by atoms with Gasteiger partial charge in [-0.25, -0.2) is 4.39 Å². The maximum atomic E-state index is 13.8. The number of benzene rings is 1. The first-order chi connectivity index (χ1) is 9.70. The predicted octanol–water partition coefficient (Wildman–Crippen LogP) is 5.37. The second-order valence-corrected chi connectivity index (χ2v) is 6.28. The van der Waals surface area contributed by atoms with Gasteiger partial charge in [0.25, 0.3) is 0 Å². The van der Waals surface area contributed by atoms with Crippen LogP contribution in [0.25, 0.3) is 11.0 Å². The summed E-state index contributed by atoms with van der Waals surface area (Å²) in [6.07, 6.45) is 7.45. The maximum absolute atomic E-state index is 13.8. The van der Waals surface area contributed by atoms with Gasteiger partial charge in [0.1, 0.15) is 11.3 Å². The van der Waals surface area contributed by atoms with Gasteiger partial charge in [-0.15, -0.1) is 0 Å². The third kappa shape index (κ3) is 2.41. The van der Waals surface area contributed by atoms with E-state index in [4.69, 9.17) is 12.2 Å².